The summed E-state index contributed by atoms with van der Waals surface area (Å²) in [7, 11) is 0. The average Bonchev–Trinajstić information content (AvgIpc) is 2.83. The molecule has 1 heterocycles. The van der Waals surface area contributed by atoms with Crippen molar-refractivity contribution in [3.05, 3.63) is 34.3 Å². The summed E-state index contributed by atoms with van der Waals surface area (Å²) in [6.07, 6.45) is 0. The van der Waals surface area contributed by atoms with E-state index >= 15 is 0 Å². The van der Waals surface area contributed by atoms with E-state index in [-0.39, 0.29) is 5.91 Å². The number of aryl methyl sites for hydroxylation is 1. The molecule has 0 spiro atoms. The Hall–Kier alpha value is -1.11. The number of thioether (sulfide) groups is 1. The van der Waals surface area contributed by atoms with E-state index in [9.17, 15) is 4.79 Å². The van der Waals surface area contributed by atoms with Crippen LogP contribution in [0.4, 0.5) is 5.13 Å². The maximum Gasteiger partial charge on any atom is 0.259 e. The molecule has 0 fully saturated rings. The Labute approximate surface area is 137 Å². The molecule has 0 saturated heterocycles. The van der Waals surface area contributed by atoms with Gasteiger partial charge in [0.15, 0.2) is 4.34 Å². The number of nitrogens with one attached hydrogen (secondary N) is 1. The van der Waals surface area contributed by atoms with Crippen LogP contribution >= 0.6 is 34.7 Å². The number of anilines is 1. The third-order valence-electron chi connectivity index (χ3n) is 2.54. The second kappa shape index (κ2) is 7.24. The van der Waals surface area contributed by atoms with Gasteiger partial charge in [0.2, 0.25) is 5.13 Å². The van der Waals surface area contributed by atoms with Gasteiger partial charge in [0.25, 0.3) is 5.91 Å². The van der Waals surface area contributed by atoms with Gasteiger partial charge in [0.05, 0.1) is 10.6 Å². The highest BCUT2D eigenvalue weighted by atomic mass is 35.5. The van der Waals surface area contributed by atoms with Crippen LogP contribution in [-0.2, 0) is 0 Å². The number of rotatable bonds is 5. The molecule has 4 nitrogen and oxygen atoms in total. The Kier molecular flexibility index (Phi) is 5.61. The van der Waals surface area contributed by atoms with Crippen molar-refractivity contribution in [1.29, 1.82) is 0 Å². The first-order chi connectivity index (χ1) is 9.95. The zero-order chi connectivity index (χ0) is 15.4. The van der Waals surface area contributed by atoms with Crippen molar-refractivity contribution in [3.63, 3.8) is 0 Å². The van der Waals surface area contributed by atoms with Crippen LogP contribution in [0.15, 0.2) is 22.5 Å². The Bertz CT molecular complexity index is 643. The van der Waals surface area contributed by atoms with Crippen molar-refractivity contribution in [3.8, 4) is 0 Å². The largest absolute Gasteiger partial charge is 0.296 e. The second-order valence-electron chi connectivity index (χ2n) is 5.02. The van der Waals surface area contributed by atoms with Gasteiger partial charge in [-0.3, -0.25) is 10.1 Å². The molecule has 2 rings (SSSR count). The minimum absolute atomic E-state index is 0.267. The number of carbonyl (C=O) groups is 1. The predicted molar refractivity (Wildman–Crippen MR) is 89.6 cm³/mol. The van der Waals surface area contributed by atoms with Crippen LogP contribution in [0.2, 0.25) is 5.02 Å². The molecule has 7 heteroatoms. The summed E-state index contributed by atoms with van der Waals surface area (Å²) in [5, 5.41) is 11.7. The molecule has 1 amide bonds. The van der Waals surface area contributed by atoms with Gasteiger partial charge >= 0.3 is 0 Å². The van der Waals surface area contributed by atoms with Gasteiger partial charge in [-0.25, -0.2) is 0 Å². The molecule has 0 unspecified atom stereocenters. The van der Waals surface area contributed by atoms with E-state index in [0.717, 1.165) is 15.7 Å². The topological polar surface area (TPSA) is 54.9 Å². The normalized spacial score (nSPS) is 10.9. The van der Waals surface area contributed by atoms with Gasteiger partial charge in [-0.05, 0) is 30.5 Å². The number of carbonyl (C=O) groups excluding carboxylic acids is 1. The van der Waals surface area contributed by atoms with Crippen molar-refractivity contribution in [1.82, 2.24) is 10.2 Å². The molecule has 0 aliphatic heterocycles. The Morgan fingerprint density at radius 2 is 2.19 bits per heavy atom. The third kappa shape index (κ3) is 4.69. The summed E-state index contributed by atoms with van der Waals surface area (Å²) in [4.78, 5) is 12.2. The Morgan fingerprint density at radius 1 is 1.43 bits per heavy atom. The first-order valence-corrected chi connectivity index (χ1v) is 8.67. The fraction of sp³-hybridized carbons (Fsp3) is 0.357. The lowest BCUT2D eigenvalue weighted by Crippen LogP contribution is -2.12. The highest BCUT2D eigenvalue weighted by molar-refractivity contribution is 8.01. The van der Waals surface area contributed by atoms with E-state index in [0.29, 0.717) is 21.6 Å². The highest BCUT2D eigenvalue weighted by Gasteiger charge is 2.13. The lowest BCUT2D eigenvalue weighted by molar-refractivity contribution is 0.102. The molecule has 1 aromatic carbocycles. The van der Waals surface area contributed by atoms with Gasteiger partial charge in [-0.2, -0.15) is 0 Å². The first-order valence-electron chi connectivity index (χ1n) is 6.49. The molecule has 0 saturated carbocycles. The molecule has 0 bridgehead atoms. The van der Waals surface area contributed by atoms with Crippen molar-refractivity contribution < 1.29 is 4.79 Å². The monoisotopic (exact) mass is 341 g/mol. The van der Waals surface area contributed by atoms with Crippen molar-refractivity contribution >= 4 is 45.7 Å². The minimum Gasteiger partial charge on any atom is -0.296 e. The van der Waals surface area contributed by atoms with Crippen LogP contribution in [0.25, 0.3) is 0 Å². The summed E-state index contributed by atoms with van der Waals surface area (Å²) in [6, 6.07) is 5.33. The molecular formula is C14H16ClN3OS2. The molecule has 112 valence electrons. The minimum atomic E-state index is -0.267. The molecule has 0 aliphatic rings. The molecule has 21 heavy (non-hydrogen) atoms. The lowest BCUT2D eigenvalue weighted by atomic mass is 10.1. The van der Waals surface area contributed by atoms with Gasteiger partial charge < -0.3 is 0 Å². The highest BCUT2D eigenvalue weighted by Crippen LogP contribution is 2.27. The third-order valence-corrected chi connectivity index (χ3v) is 5.25. The zero-order valence-corrected chi connectivity index (χ0v) is 14.4. The van der Waals surface area contributed by atoms with Crippen LogP contribution in [0.5, 0.6) is 0 Å². The Morgan fingerprint density at radius 3 is 2.86 bits per heavy atom. The van der Waals surface area contributed by atoms with E-state index in [2.05, 4.69) is 29.4 Å². The number of hydrogen-bond acceptors (Lipinski definition) is 5. The van der Waals surface area contributed by atoms with E-state index < -0.39 is 0 Å². The van der Waals surface area contributed by atoms with Crippen LogP contribution < -0.4 is 5.32 Å². The maximum atomic E-state index is 12.2. The van der Waals surface area contributed by atoms with E-state index in [4.69, 9.17) is 11.6 Å². The van der Waals surface area contributed by atoms with E-state index in [1.807, 2.05) is 13.0 Å². The summed E-state index contributed by atoms with van der Waals surface area (Å²) < 4.78 is 0.856. The quantitative estimate of drug-likeness (QED) is 0.642. The number of halogens is 1. The summed E-state index contributed by atoms with van der Waals surface area (Å²) in [5.74, 6) is 1.30. The fourth-order valence-electron chi connectivity index (χ4n) is 1.53. The van der Waals surface area contributed by atoms with Crippen LogP contribution in [0, 0.1) is 12.8 Å². The van der Waals surface area contributed by atoms with Crippen LogP contribution in [0.1, 0.15) is 29.8 Å². The lowest BCUT2D eigenvalue weighted by Gasteiger charge is -2.04. The molecule has 0 atom stereocenters. The van der Waals surface area contributed by atoms with Crippen LogP contribution in [0.3, 0.4) is 0 Å². The van der Waals surface area contributed by atoms with Crippen molar-refractivity contribution in [2.75, 3.05) is 11.1 Å². The van der Waals surface area contributed by atoms with Gasteiger partial charge in [0, 0.05) is 5.75 Å². The Balaban J connectivity index is 2.02. The number of aromatic nitrogens is 2. The van der Waals surface area contributed by atoms with Crippen LogP contribution in [-0.4, -0.2) is 21.9 Å². The fourth-order valence-corrected chi connectivity index (χ4v) is 3.57. The molecule has 1 aromatic heterocycles. The zero-order valence-electron chi connectivity index (χ0n) is 12.0. The number of amides is 1. The van der Waals surface area contributed by atoms with E-state index in [1.54, 1.807) is 23.9 Å². The van der Waals surface area contributed by atoms with Crippen molar-refractivity contribution in [2.24, 2.45) is 5.92 Å². The number of hydrogen-bond donors (Lipinski definition) is 1. The van der Waals surface area contributed by atoms with Gasteiger partial charge in [-0.1, -0.05) is 54.6 Å². The molecule has 0 aliphatic carbocycles. The number of benzene rings is 1. The van der Waals surface area contributed by atoms with E-state index in [1.165, 1.54) is 11.3 Å². The SMILES string of the molecule is Cc1ccc(C(=O)Nc2nnc(SCC(C)C)s2)c(Cl)c1. The second-order valence-corrected chi connectivity index (χ2v) is 7.67. The maximum absolute atomic E-state index is 12.2. The molecular weight excluding hydrogens is 326 g/mol. The molecule has 1 N–H and O–H groups in total. The van der Waals surface area contributed by atoms with Gasteiger partial charge in [0.1, 0.15) is 0 Å². The first kappa shape index (κ1) is 16.3. The summed E-state index contributed by atoms with van der Waals surface area (Å²) >= 11 is 9.10. The smallest absolute Gasteiger partial charge is 0.259 e. The number of nitrogens with zero attached hydrogens (tertiary/aromatic N) is 2. The average molecular weight is 342 g/mol. The van der Waals surface area contributed by atoms with Gasteiger partial charge in [-0.15, -0.1) is 10.2 Å². The standard InChI is InChI=1S/C14H16ClN3OS2/c1-8(2)7-20-14-18-17-13(21-14)16-12(19)10-5-4-9(3)6-11(10)15/h4-6,8H,7H2,1-3H3,(H,16,17,19). The molecule has 0 radical (unpaired) electrons. The molecule has 2 aromatic rings. The summed E-state index contributed by atoms with van der Waals surface area (Å²) in [6.45, 7) is 6.22. The predicted octanol–water partition coefficient (Wildman–Crippen LogP) is 4.50. The van der Waals surface area contributed by atoms with Crippen molar-refractivity contribution in [2.45, 2.75) is 25.1 Å². The summed E-state index contributed by atoms with van der Waals surface area (Å²) in [5.41, 5.74) is 1.45.